The predicted octanol–water partition coefficient (Wildman–Crippen LogP) is 3.67. The fraction of sp³-hybridized carbons (Fsp3) is 0.682. The number of nitrogens with one attached hydrogen (secondary N) is 1. The van der Waals surface area contributed by atoms with Crippen LogP contribution in [0, 0.1) is 33.5 Å². The molecule has 4 aliphatic carbocycles. The van der Waals surface area contributed by atoms with Gasteiger partial charge in [0.1, 0.15) is 12.6 Å². The highest BCUT2D eigenvalue weighted by Gasteiger charge is 2.82. The highest BCUT2D eigenvalue weighted by Crippen LogP contribution is 2.86. The van der Waals surface area contributed by atoms with E-state index in [1.165, 1.54) is 17.4 Å². The third-order valence-corrected chi connectivity index (χ3v) is 9.43. The maximum Gasteiger partial charge on any atom is 0.127 e. The van der Waals surface area contributed by atoms with E-state index in [0.717, 1.165) is 56.9 Å². The molecule has 26 heavy (non-hydrogen) atoms. The molecule has 6 unspecified atom stereocenters. The number of allylic oxidation sites excluding steroid dienone is 1. The summed E-state index contributed by atoms with van der Waals surface area (Å²) < 4.78 is 0. The van der Waals surface area contributed by atoms with Gasteiger partial charge in [-0.05, 0) is 72.7 Å². The number of aromatic amines is 1. The maximum absolute atomic E-state index is 12.6. The lowest BCUT2D eigenvalue weighted by Crippen LogP contribution is -2.51. The first-order valence-electron chi connectivity index (χ1n) is 9.98. The second-order valence-electron chi connectivity index (χ2n) is 9.95. The Morgan fingerprint density at radius 2 is 2.12 bits per heavy atom. The Hall–Kier alpha value is -1.71. The number of fused-ring (bicyclic) bond motifs is 1. The molecule has 4 nitrogen and oxygen atoms in total. The molecule has 0 aliphatic heterocycles. The van der Waals surface area contributed by atoms with Crippen LogP contribution in [0.5, 0.6) is 0 Å². The van der Waals surface area contributed by atoms with Crippen molar-refractivity contribution in [3.8, 4) is 0 Å². The van der Waals surface area contributed by atoms with E-state index in [9.17, 15) is 9.59 Å². The van der Waals surface area contributed by atoms with Crippen molar-refractivity contribution in [1.82, 2.24) is 10.2 Å². The number of aromatic nitrogens is 2. The monoisotopic (exact) mass is 352 g/mol. The molecule has 3 fully saturated rings. The lowest BCUT2D eigenvalue weighted by Gasteiger charge is -2.53. The molecule has 4 aliphatic rings. The Morgan fingerprint density at radius 3 is 2.85 bits per heavy atom. The smallest absolute Gasteiger partial charge is 0.127 e. The van der Waals surface area contributed by atoms with Gasteiger partial charge < -0.3 is 9.59 Å². The number of carbonyl (C=O) groups excluding carboxylic acids is 2. The summed E-state index contributed by atoms with van der Waals surface area (Å²) in [7, 11) is 0. The number of nitrogens with zero attached hydrogens (tertiary/aromatic N) is 1. The molecule has 1 aromatic heterocycles. The fourth-order valence-electron chi connectivity index (χ4n) is 7.70. The Morgan fingerprint density at radius 1 is 1.31 bits per heavy atom. The zero-order valence-corrected chi connectivity index (χ0v) is 15.8. The maximum atomic E-state index is 12.6. The molecule has 4 heteroatoms. The highest BCUT2D eigenvalue weighted by molar-refractivity contribution is 5.71. The van der Waals surface area contributed by atoms with Crippen molar-refractivity contribution in [3.05, 3.63) is 29.6 Å². The third kappa shape index (κ3) is 1.57. The fourth-order valence-corrected chi connectivity index (χ4v) is 7.70. The van der Waals surface area contributed by atoms with E-state index in [2.05, 4.69) is 30.6 Å². The molecule has 1 N–H and O–H groups in total. The molecule has 1 aromatic rings. The van der Waals surface area contributed by atoms with Gasteiger partial charge in [0.15, 0.2) is 0 Å². The zero-order valence-electron chi connectivity index (χ0n) is 15.8. The summed E-state index contributed by atoms with van der Waals surface area (Å²) in [4.78, 5) is 24.6. The molecule has 0 amide bonds. The van der Waals surface area contributed by atoms with Gasteiger partial charge in [-0.1, -0.05) is 26.0 Å². The summed E-state index contributed by atoms with van der Waals surface area (Å²) in [6, 6.07) is 0. The van der Waals surface area contributed by atoms with Gasteiger partial charge in [-0.3, -0.25) is 5.10 Å². The second kappa shape index (κ2) is 4.76. The number of hydrogen-bond acceptors (Lipinski definition) is 3. The minimum atomic E-state index is -0.267. The first-order chi connectivity index (χ1) is 12.4. The topological polar surface area (TPSA) is 62.8 Å². The number of carbonyl (C=O) groups is 2. The van der Waals surface area contributed by atoms with E-state index in [-0.39, 0.29) is 33.5 Å². The van der Waals surface area contributed by atoms with Crippen LogP contribution in [0.1, 0.15) is 57.2 Å². The SMILES string of the molecule is C=C1CCC23CC2(C=O)C(C2(C)Cc4cn[nH]c4CC2C=O)CCC13C. The number of rotatable bonds is 3. The van der Waals surface area contributed by atoms with Crippen LogP contribution in [0.25, 0.3) is 0 Å². The Bertz CT molecular complexity index is 828. The van der Waals surface area contributed by atoms with Gasteiger partial charge in [0, 0.05) is 17.0 Å². The standard InChI is InChI=1S/C22H28N2O2/c1-14-4-7-22-12-21(22,13-26)18(5-6-20(14,22)3)19(2)9-15-10-23-24-17(15)8-16(19)11-25/h10-11,13,16,18H,1,4-9,12H2,2-3H3,(H,23,24). The van der Waals surface area contributed by atoms with Gasteiger partial charge in [0.25, 0.3) is 0 Å². The molecular weight excluding hydrogens is 324 g/mol. The molecule has 5 rings (SSSR count). The van der Waals surface area contributed by atoms with Gasteiger partial charge in [0.05, 0.1) is 6.20 Å². The molecule has 0 bridgehead atoms. The molecule has 6 atom stereocenters. The van der Waals surface area contributed by atoms with E-state index in [1.54, 1.807) is 0 Å². The molecule has 138 valence electrons. The first kappa shape index (κ1) is 16.5. The minimum absolute atomic E-state index is 0.0520. The summed E-state index contributed by atoms with van der Waals surface area (Å²) in [5, 5.41) is 7.27. The van der Waals surface area contributed by atoms with Crippen molar-refractivity contribution in [2.24, 2.45) is 33.5 Å². The van der Waals surface area contributed by atoms with Gasteiger partial charge in [0.2, 0.25) is 0 Å². The Labute approximate surface area is 154 Å². The van der Waals surface area contributed by atoms with E-state index in [0.29, 0.717) is 0 Å². The molecule has 0 saturated heterocycles. The quantitative estimate of drug-likeness (QED) is 0.667. The van der Waals surface area contributed by atoms with E-state index in [4.69, 9.17) is 0 Å². The van der Waals surface area contributed by atoms with Gasteiger partial charge in [-0.15, -0.1) is 0 Å². The van der Waals surface area contributed by atoms with Crippen LogP contribution in [0.2, 0.25) is 0 Å². The molecule has 0 aromatic carbocycles. The third-order valence-electron chi connectivity index (χ3n) is 9.43. The van der Waals surface area contributed by atoms with Gasteiger partial charge in [-0.25, -0.2) is 0 Å². The van der Waals surface area contributed by atoms with Crippen LogP contribution < -0.4 is 0 Å². The molecular formula is C22H28N2O2. The molecule has 1 heterocycles. The summed E-state index contributed by atoms with van der Waals surface area (Å²) in [6.45, 7) is 8.98. The average Bonchev–Trinajstić information content (AvgIpc) is 3.01. The summed E-state index contributed by atoms with van der Waals surface area (Å²) in [6.07, 6.45) is 11.2. The lowest BCUT2D eigenvalue weighted by molar-refractivity contribution is -0.130. The van der Waals surface area contributed by atoms with Crippen LogP contribution >= 0.6 is 0 Å². The van der Waals surface area contributed by atoms with E-state index >= 15 is 0 Å². The normalized spacial score (nSPS) is 49.1. The Balaban J connectivity index is 1.60. The summed E-state index contributed by atoms with van der Waals surface area (Å²) in [5.41, 5.74) is 3.43. The van der Waals surface area contributed by atoms with E-state index in [1.807, 2.05) is 6.20 Å². The first-order valence-corrected chi connectivity index (χ1v) is 9.98. The van der Waals surface area contributed by atoms with Gasteiger partial charge >= 0.3 is 0 Å². The van der Waals surface area contributed by atoms with Crippen molar-refractivity contribution in [2.45, 2.75) is 58.8 Å². The summed E-state index contributed by atoms with van der Waals surface area (Å²) >= 11 is 0. The van der Waals surface area contributed by atoms with Crippen LogP contribution in [0.3, 0.4) is 0 Å². The van der Waals surface area contributed by atoms with Crippen LogP contribution in [0.15, 0.2) is 18.3 Å². The predicted molar refractivity (Wildman–Crippen MR) is 98.4 cm³/mol. The number of hydrogen-bond donors (Lipinski definition) is 1. The van der Waals surface area contributed by atoms with Crippen molar-refractivity contribution in [1.29, 1.82) is 0 Å². The highest BCUT2D eigenvalue weighted by atomic mass is 16.1. The van der Waals surface area contributed by atoms with Crippen molar-refractivity contribution in [3.63, 3.8) is 0 Å². The van der Waals surface area contributed by atoms with Crippen LogP contribution in [0.4, 0.5) is 0 Å². The molecule has 1 spiro atoms. The minimum Gasteiger partial charge on any atom is -0.303 e. The van der Waals surface area contributed by atoms with Gasteiger partial charge in [-0.2, -0.15) is 5.10 Å². The average molecular weight is 352 g/mol. The Kier molecular flexibility index (Phi) is 3.02. The van der Waals surface area contributed by atoms with Crippen LogP contribution in [-0.2, 0) is 22.4 Å². The molecule has 3 saturated carbocycles. The van der Waals surface area contributed by atoms with Crippen molar-refractivity contribution < 1.29 is 9.59 Å². The second-order valence-corrected chi connectivity index (χ2v) is 9.95. The number of H-pyrrole nitrogens is 1. The zero-order chi connectivity index (χ0) is 18.4. The number of aldehydes is 2. The molecule has 0 radical (unpaired) electrons. The largest absolute Gasteiger partial charge is 0.303 e. The van der Waals surface area contributed by atoms with Crippen LogP contribution in [-0.4, -0.2) is 22.8 Å². The lowest BCUT2D eigenvalue weighted by atomic mass is 9.50. The van der Waals surface area contributed by atoms with Crippen molar-refractivity contribution >= 4 is 12.6 Å². The van der Waals surface area contributed by atoms with Crippen molar-refractivity contribution in [2.75, 3.05) is 0 Å². The van der Waals surface area contributed by atoms with E-state index < -0.39 is 0 Å². The summed E-state index contributed by atoms with van der Waals surface area (Å²) in [5.74, 6) is 0.216.